The van der Waals surface area contributed by atoms with Crippen LogP contribution in [-0.2, 0) is 35.2 Å². The second-order valence-electron chi connectivity index (χ2n) is 11.3. The van der Waals surface area contributed by atoms with E-state index in [0.29, 0.717) is 13.0 Å². The van der Waals surface area contributed by atoms with E-state index in [-0.39, 0.29) is 19.1 Å². The lowest BCUT2D eigenvalue weighted by Crippen LogP contribution is -2.69. The molecule has 0 radical (unpaired) electrons. The molecule has 0 aromatic heterocycles. The molecule has 9 nitrogen and oxygen atoms in total. The first-order valence-corrected chi connectivity index (χ1v) is 15.6. The van der Waals surface area contributed by atoms with E-state index >= 15 is 0 Å². The highest BCUT2D eigenvalue weighted by Crippen LogP contribution is 2.58. The summed E-state index contributed by atoms with van der Waals surface area (Å²) in [6.07, 6.45) is 5.72. The molecule has 1 aliphatic carbocycles. The first-order chi connectivity index (χ1) is 18.9. The van der Waals surface area contributed by atoms with Crippen LogP contribution in [-0.4, -0.2) is 71.4 Å². The van der Waals surface area contributed by atoms with Gasteiger partial charge in [0.25, 0.3) is 0 Å². The number of nitrogens with one attached hydrogen (secondary N) is 1. The van der Waals surface area contributed by atoms with Crippen LogP contribution in [0.4, 0.5) is 0 Å². The average Bonchev–Trinajstić information content (AvgIpc) is 3.47. The number of hydrogen-bond donors (Lipinski definition) is 2. The molecule has 3 saturated heterocycles. The van der Waals surface area contributed by atoms with Gasteiger partial charge in [0.05, 0.1) is 13.2 Å². The molecular formula is C29H41IN2O7. The Hall–Kier alpha value is -1.31. The third kappa shape index (κ3) is 5.49. The summed E-state index contributed by atoms with van der Waals surface area (Å²) in [5.41, 5.74) is -0.241. The fourth-order valence-electron chi connectivity index (χ4n) is 6.80. The van der Waals surface area contributed by atoms with Crippen molar-refractivity contribution < 1.29 is 33.7 Å². The second kappa shape index (κ2) is 12.3. The van der Waals surface area contributed by atoms with Crippen molar-refractivity contribution in [1.82, 2.24) is 10.4 Å². The number of fused-ring (bicyclic) bond motifs is 4. The lowest BCUT2D eigenvalue weighted by Gasteiger charge is -2.48. The number of halogens is 1. The third-order valence-corrected chi connectivity index (χ3v) is 9.37. The smallest absolute Gasteiger partial charge is 0.327 e. The van der Waals surface area contributed by atoms with Gasteiger partial charge in [-0.3, -0.25) is 14.4 Å². The molecule has 1 amide bonds. The van der Waals surface area contributed by atoms with Gasteiger partial charge < -0.3 is 24.6 Å². The summed E-state index contributed by atoms with van der Waals surface area (Å²) >= 11 is 2.25. The number of amides is 1. The van der Waals surface area contributed by atoms with Crippen molar-refractivity contribution in [1.29, 1.82) is 0 Å². The van der Waals surface area contributed by atoms with E-state index in [4.69, 9.17) is 19.0 Å². The van der Waals surface area contributed by atoms with Crippen molar-refractivity contribution in [2.24, 2.45) is 5.41 Å². The van der Waals surface area contributed by atoms with Crippen molar-refractivity contribution in [2.45, 2.75) is 114 Å². The van der Waals surface area contributed by atoms with Crippen LogP contribution in [0.25, 0.3) is 0 Å². The first-order valence-electron chi connectivity index (χ1n) is 14.5. The molecule has 3 aliphatic heterocycles. The van der Waals surface area contributed by atoms with Crippen molar-refractivity contribution in [3.63, 3.8) is 0 Å². The van der Waals surface area contributed by atoms with Gasteiger partial charge in [-0.2, -0.15) is 5.06 Å². The molecule has 2 bridgehead atoms. The topological polar surface area (TPSA) is 107 Å². The highest BCUT2D eigenvalue weighted by molar-refractivity contribution is 14.1. The Balaban J connectivity index is 1.49. The summed E-state index contributed by atoms with van der Waals surface area (Å²) < 4.78 is 20.7. The number of hydroxylamine groups is 2. The van der Waals surface area contributed by atoms with Crippen LogP contribution < -0.4 is 5.32 Å². The van der Waals surface area contributed by atoms with Gasteiger partial charge >= 0.3 is 5.97 Å². The number of benzene rings is 1. The number of esters is 1. The van der Waals surface area contributed by atoms with Crippen molar-refractivity contribution >= 4 is 34.5 Å². The van der Waals surface area contributed by atoms with Crippen LogP contribution in [0.2, 0.25) is 0 Å². The molecule has 1 aromatic carbocycles. The quantitative estimate of drug-likeness (QED) is 0.188. The van der Waals surface area contributed by atoms with Gasteiger partial charge in [-0.15, -0.1) is 0 Å². The minimum absolute atomic E-state index is 0.0975. The number of aliphatic hydroxyl groups excluding tert-OH is 1. The standard InChI is InChI=1S/C29H41IN2O7/c1-3-5-7-13-28(14-8-6-4-2)37-22-21-17-29(27(35)31-15-16-33)24(26(34)36-21)32(39-25(29)23(22)38-28)18-19-9-11-20(30)12-10-19/h9-12,21-25,33H,3-8,13-18H2,1-2H3,(H,31,35)/t21-,22+,23+,24+,25-,29+/m1/s1. The maximum atomic E-state index is 13.9. The zero-order chi connectivity index (χ0) is 27.6. The lowest BCUT2D eigenvalue weighted by molar-refractivity contribution is -0.224. The molecule has 3 heterocycles. The molecule has 216 valence electrons. The van der Waals surface area contributed by atoms with E-state index < -0.39 is 47.6 Å². The number of nitrogens with zero attached hydrogens (tertiary/aromatic N) is 1. The van der Waals surface area contributed by atoms with Crippen molar-refractivity contribution in [2.75, 3.05) is 13.2 Å². The number of carbonyl (C=O) groups excluding carboxylic acids is 2. The Kier molecular flexibility index (Phi) is 9.19. The van der Waals surface area contributed by atoms with Gasteiger partial charge in [0.15, 0.2) is 11.8 Å². The third-order valence-electron chi connectivity index (χ3n) is 8.65. The number of carbonyl (C=O) groups is 2. The zero-order valence-corrected chi connectivity index (χ0v) is 25.1. The summed E-state index contributed by atoms with van der Waals surface area (Å²) in [7, 11) is 0. The number of hydrogen-bond acceptors (Lipinski definition) is 8. The second-order valence-corrected chi connectivity index (χ2v) is 12.6. The molecule has 0 unspecified atom stereocenters. The Morgan fingerprint density at radius 1 is 1.08 bits per heavy atom. The highest BCUT2D eigenvalue weighted by atomic mass is 127. The normalized spacial score (nSPS) is 32.6. The minimum Gasteiger partial charge on any atom is -0.458 e. The minimum atomic E-state index is -1.20. The molecule has 5 rings (SSSR count). The number of aliphatic hydroxyl groups is 1. The van der Waals surface area contributed by atoms with Crippen LogP contribution in [0.3, 0.4) is 0 Å². The molecule has 10 heteroatoms. The Bertz CT molecular complexity index is 1010. The number of unbranched alkanes of at least 4 members (excludes halogenated alkanes) is 4. The van der Waals surface area contributed by atoms with Gasteiger partial charge in [-0.25, -0.2) is 0 Å². The maximum absolute atomic E-state index is 13.9. The predicted octanol–water partition coefficient (Wildman–Crippen LogP) is 3.84. The molecule has 1 aromatic rings. The summed E-state index contributed by atoms with van der Waals surface area (Å²) in [5.74, 6) is -1.57. The van der Waals surface area contributed by atoms with Gasteiger partial charge in [-0.1, -0.05) is 51.7 Å². The zero-order valence-electron chi connectivity index (χ0n) is 22.9. The van der Waals surface area contributed by atoms with Crippen LogP contribution in [0.5, 0.6) is 0 Å². The Morgan fingerprint density at radius 3 is 2.38 bits per heavy atom. The largest absolute Gasteiger partial charge is 0.458 e. The molecular weight excluding hydrogens is 615 g/mol. The molecule has 39 heavy (non-hydrogen) atoms. The van der Waals surface area contributed by atoms with E-state index in [0.717, 1.165) is 60.5 Å². The van der Waals surface area contributed by atoms with Gasteiger partial charge in [0, 0.05) is 29.4 Å². The molecule has 4 fully saturated rings. The van der Waals surface area contributed by atoms with E-state index in [1.54, 1.807) is 5.06 Å². The predicted molar refractivity (Wildman–Crippen MR) is 151 cm³/mol. The van der Waals surface area contributed by atoms with Crippen LogP contribution in [0.15, 0.2) is 24.3 Å². The fraction of sp³-hybridized carbons (Fsp3) is 0.724. The van der Waals surface area contributed by atoms with E-state index in [9.17, 15) is 14.7 Å². The summed E-state index contributed by atoms with van der Waals surface area (Å²) in [6, 6.07) is 7.07. The van der Waals surface area contributed by atoms with Gasteiger partial charge in [0.2, 0.25) is 5.91 Å². The van der Waals surface area contributed by atoms with Gasteiger partial charge in [0.1, 0.15) is 29.8 Å². The van der Waals surface area contributed by atoms with E-state index in [1.807, 2.05) is 24.3 Å². The summed E-state index contributed by atoms with van der Waals surface area (Å²) in [5, 5.41) is 13.9. The lowest BCUT2D eigenvalue weighted by atomic mass is 9.62. The molecule has 1 saturated carbocycles. The SMILES string of the molecule is CCCCCC1(CCCCC)O[C@@H]2[C@H](O1)[C@H]1ON(Cc3ccc(I)cc3)[C@H]3C(=O)O[C@@H]2C[C@@]13C(=O)NCCO. The molecule has 2 N–H and O–H groups in total. The van der Waals surface area contributed by atoms with Crippen molar-refractivity contribution in [3.8, 4) is 0 Å². The van der Waals surface area contributed by atoms with Gasteiger partial charge in [-0.05, 0) is 53.1 Å². The van der Waals surface area contributed by atoms with Crippen LogP contribution in [0.1, 0.15) is 77.2 Å². The average molecular weight is 657 g/mol. The molecule has 4 aliphatic rings. The Labute approximate surface area is 244 Å². The number of ether oxygens (including phenoxy) is 3. The number of rotatable bonds is 13. The van der Waals surface area contributed by atoms with Crippen LogP contribution >= 0.6 is 22.6 Å². The fourth-order valence-corrected chi connectivity index (χ4v) is 7.16. The molecule has 0 spiro atoms. The summed E-state index contributed by atoms with van der Waals surface area (Å²) in [6.45, 7) is 4.57. The maximum Gasteiger partial charge on any atom is 0.327 e. The Morgan fingerprint density at radius 2 is 1.74 bits per heavy atom. The van der Waals surface area contributed by atoms with E-state index in [1.165, 1.54) is 0 Å². The van der Waals surface area contributed by atoms with E-state index in [2.05, 4.69) is 41.8 Å². The van der Waals surface area contributed by atoms with Crippen molar-refractivity contribution in [3.05, 3.63) is 33.4 Å². The first kappa shape index (κ1) is 29.2. The molecule has 6 atom stereocenters. The monoisotopic (exact) mass is 656 g/mol. The highest BCUT2D eigenvalue weighted by Gasteiger charge is 2.76. The van der Waals surface area contributed by atoms with Crippen LogP contribution in [0, 0.1) is 8.99 Å². The summed E-state index contributed by atoms with van der Waals surface area (Å²) in [4.78, 5) is 34.0.